The van der Waals surface area contributed by atoms with Crippen LogP contribution in [0.4, 0.5) is 0 Å². The number of benzene rings is 1. The molecule has 0 bridgehead atoms. The molecule has 2 fully saturated rings. The van der Waals surface area contributed by atoms with Crippen LogP contribution in [0, 0.1) is 0 Å². The number of rotatable bonds is 4. The van der Waals surface area contributed by atoms with Gasteiger partial charge in [-0.3, -0.25) is 9.59 Å². The number of amides is 2. The van der Waals surface area contributed by atoms with E-state index >= 15 is 0 Å². The number of hydrogen-bond donors (Lipinski definition) is 1. The van der Waals surface area contributed by atoms with Crippen LogP contribution in [0.3, 0.4) is 0 Å². The predicted molar refractivity (Wildman–Crippen MR) is 105 cm³/mol. The first kappa shape index (κ1) is 20.7. The minimum atomic E-state index is 0. The number of carbonyl (C=O) groups excluding carboxylic acids is 2. The molecule has 0 aliphatic carbocycles. The number of nitrogens with one attached hydrogen (secondary N) is 1. The molecule has 0 saturated carbocycles. The van der Waals surface area contributed by atoms with Crippen molar-refractivity contribution in [2.45, 2.75) is 12.8 Å². The van der Waals surface area contributed by atoms with Gasteiger partial charge in [-0.2, -0.15) is 0 Å². The Hall–Kier alpha value is -1.63. The molecular weight excluding hydrogens is 352 g/mol. The Morgan fingerprint density at radius 2 is 1.62 bits per heavy atom. The molecular formula is C19H29ClN4O2. The van der Waals surface area contributed by atoms with E-state index in [1.54, 1.807) is 0 Å². The number of carbonyl (C=O) groups is 2. The Balaban J connectivity index is 0.00000243. The number of hydrogen-bond acceptors (Lipinski definition) is 4. The largest absolute Gasteiger partial charge is 0.340 e. The van der Waals surface area contributed by atoms with Gasteiger partial charge in [-0.1, -0.05) is 18.2 Å². The van der Waals surface area contributed by atoms with E-state index in [0.717, 1.165) is 70.9 Å². The summed E-state index contributed by atoms with van der Waals surface area (Å²) in [5.41, 5.74) is 0.754. The van der Waals surface area contributed by atoms with Gasteiger partial charge in [-0.15, -0.1) is 12.4 Å². The maximum atomic E-state index is 12.6. The fourth-order valence-corrected chi connectivity index (χ4v) is 3.49. The van der Waals surface area contributed by atoms with Gasteiger partial charge in [0.05, 0.1) is 0 Å². The van der Waals surface area contributed by atoms with Crippen molar-refractivity contribution in [1.29, 1.82) is 0 Å². The lowest BCUT2D eigenvalue weighted by Gasteiger charge is -2.28. The van der Waals surface area contributed by atoms with Crippen molar-refractivity contribution in [1.82, 2.24) is 20.0 Å². The predicted octanol–water partition coefficient (Wildman–Crippen LogP) is 1.08. The molecule has 2 heterocycles. The van der Waals surface area contributed by atoms with Gasteiger partial charge in [0, 0.05) is 64.3 Å². The summed E-state index contributed by atoms with van der Waals surface area (Å²) >= 11 is 0. The summed E-state index contributed by atoms with van der Waals surface area (Å²) in [6.07, 6.45) is 1.53. The normalized spacial score (nSPS) is 18.8. The number of piperazine rings is 1. The number of nitrogens with zero attached hydrogens (tertiary/aromatic N) is 3. The second-order valence-electron chi connectivity index (χ2n) is 6.73. The van der Waals surface area contributed by atoms with Crippen LogP contribution in [-0.4, -0.2) is 85.4 Å². The van der Waals surface area contributed by atoms with E-state index < -0.39 is 0 Å². The van der Waals surface area contributed by atoms with Crippen molar-refractivity contribution < 1.29 is 9.59 Å². The minimum Gasteiger partial charge on any atom is -0.340 e. The molecule has 0 spiro atoms. The monoisotopic (exact) mass is 380 g/mol. The first-order chi connectivity index (χ1) is 12.2. The summed E-state index contributed by atoms with van der Waals surface area (Å²) in [5.74, 6) is 0.363. The average molecular weight is 381 g/mol. The molecule has 0 atom stereocenters. The van der Waals surface area contributed by atoms with Crippen LogP contribution in [0.2, 0.25) is 0 Å². The molecule has 1 aromatic rings. The first-order valence-electron chi connectivity index (χ1n) is 9.29. The second kappa shape index (κ2) is 10.5. The van der Waals surface area contributed by atoms with Gasteiger partial charge in [0.1, 0.15) is 0 Å². The lowest BCUT2D eigenvalue weighted by molar-refractivity contribution is -0.132. The van der Waals surface area contributed by atoms with Crippen molar-refractivity contribution >= 4 is 24.2 Å². The molecule has 7 heteroatoms. The molecule has 0 radical (unpaired) electrons. The zero-order valence-electron chi connectivity index (χ0n) is 15.2. The van der Waals surface area contributed by atoms with E-state index in [1.807, 2.05) is 40.1 Å². The molecule has 2 saturated heterocycles. The smallest absolute Gasteiger partial charge is 0.253 e. The van der Waals surface area contributed by atoms with Gasteiger partial charge < -0.3 is 20.0 Å². The van der Waals surface area contributed by atoms with Gasteiger partial charge in [0.25, 0.3) is 5.91 Å². The Bertz CT molecular complexity index is 578. The van der Waals surface area contributed by atoms with Gasteiger partial charge >= 0.3 is 0 Å². The Morgan fingerprint density at radius 3 is 2.35 bits per heavy atom. The minimum absolute atomic E-state index is 0. The quantitative estimate of drug-likeness (QED) is 0.849. The summed E-state index contributed by atoms with van der Waals surface area (Å²) < 4.78 is 0. The second-order valence-corrected chi connectivity index (χ2v) is 6.73. The summed E-state index contributed by atoms with van der Waals surface area (Å²) in [4.78, 5) is 31.1. The van der Waals surface area contributed by atoms with Crippen LogP contribution in [0.25, 0.3) is 0 Å². The Morgan fingerprint density at radius 1 is 0.885 bits per heavy atom. The lowest BCUT2D eigenvalue weighted by Crippen LogP contribution is -2.47. The fourth-order valence-electron chi connectivity index (χ4n) is 3.49. The fraction of sp³-hybridized carbons (Fsp3) is 0.579. The molecule has 6 nitrogen and oxygen atoms in total. The van der Waals surface area contributed by atoms with Gasteiger partial charge in [-0.25, -0.2) is 0 Å². The van der Waals surface area contributed by atoms with E-state index in [9.17, 15) is 9.59 Å². The summed E-state index contributed by atoms with van der Waals surface area (Å²) in [5, 5.41) is 3.27. The summed E-state index contributed by atoms with van der Waals surface area (Å²) in [6, 6.07) is 9.47. The molecule has 1 aromatic carbocycles. The molecule has 3 rings (SSSR count). The van der Waals surface area contributed by atoms with Crippen LogP contribution in [0.1, 0.15) is 23.2 Å². The van der Waals surface area contributed by atoms with Crippen LogP contribution in [-0.2, 0) is 4.79 Å². The standard InChI is InChI=1S/C19H28N4O2.ClH/c24-18(22-13-8-20-9-14-22)7-12-21-10-4-11-23(16-15-21)19(25)17-5-2-1-3-6-17;/h1-3,5-6,20H,4,7-16H2;1H. The van der Waals surface area contributed by atoms with Crippen molar-refractivity contribution in [2.24, 2.45) is 0 Å². The molecule has 2 aliphatic heterocycles. The van der Waals surface area contributed by atoms with E-state index in [-0.39, 0.29) is 24.2 Å². The van der Waals surface area contributed by atoms with Crippen molar-refractivity contribution in [3.05, 3.63) is 35.9 Å². The number of halogens is 1. The summed E-state index contributed by atoms with van der Waals surface area (Å²) in [7, 11) is 0. The highest BCUT2D eigenvalue weighted by molar-refractivity contribution is 5.94. The average Bonchev–Trinajstić information content (AvgIpc) is 2.92. The highest BCUT2D eigenvalue weighted by Crippen LogP contribution is 2.10. The van der Waals surface area contributed by atoms with E-state index in [0.29, 0.717) is 6.42 Å². The Labute approximate surface area is 161 Å². The van der Waals surface area contributed by atoms with Gasteiger partial charge in [0.2, 0.25) is 5.91 Å². The highest BCUT2D eigenvalue weighted by atomic mass is 35.5. The van der Waals surface area contributed by atoms with Crippen LogP contribution < -0.4 is 5.32 Å². The van der Waals surface area contributed by atoms with Crippen LogP contribution in [0.5, 0.6) is 0 Å². The molecule has 2 amide bonds. The molecule has 0 unspecified atom stereocenters. The third-order valence-electron chi connectivity index (χ3n) is 5.01. The zero-order chi connectivity index (χ0) is 17.5. The summed E-state index contributed by atoms with van der Waals surface area (Å²) in [6.45, 7) is 7.52. The molecule has 0 aromatic heterocycles. The van der Waals surface area contributed by atoms with E-state index in [1.165, 1.54) is 0 Å². The SMILES string of the molecule is Cl.O=C(CCN1CCCN(C(=O)c2ccccc2)CC1)N1CCNCC1. The molecule has 26 heavy (non-hydrogen) atoms. The third kappa shape index (κ3) is 5.69. The van der Waals surface area contributed by atoms with Crippen molar-refractivity contribution in [2.75, 3.05) is 58.9 Å². The Kier molecular flexibility index (Phi) is 8.35. The molecule has 1 N–H and O–H groups in total. The van der Waals surface area contributed by atoms with E-state index in [2.05, 4.69) is 10.2 Å². The molecule has 2 aliphatic rings. The van der Waals surface area contributed by atoms with E-state index in [4.69, 9.17) is 0 Å². The lowest BCUT2D eigenvalue weighted by atomic mass is 10.2. The van der Waals surface area contributed by atoms with Gasteiger partial charge in [-0.05, 0) is 25.1 Å². The van der Waals surface area contributed by atoms with Crippen molar-refractivity contribution in [3.63, 3.8) is 0 Å². The third-order valence-corrected chi connectivity index (χ3v) is 5.01. The molecule has 144 valence electrons. The van der Waals surface area contributed by atoms with Crippen LogP contribution in [0.15, 0.2) is 30.3 Å². The maximum Gasteiger partial charge on any atom is 0.253 e. The zero-order valence-corrected chi connectivity index (χ0v) is 16.0. The topological polar surface area (TPSA) is 55.9 Å². The van der Waals surface area contributed by atoms with Crippen molar-refractivity contribution in [3.8, 4) is 0 Å². The van der Waals surface area contributed by atoms with Gasteiger partial charge in [0.15, 0.2) is 0 Å². The maximum absolute atomic E-state index is 12.6. The highest BCUT2D eigenvalue weighted by Gasteiger charge is 2.21. The van der Waals surface area contributed by atoms with Crippen LogP contribution >= 0.6 is 12.4 Å². The first-order valence-corrected chi connectivity index (χ1v) is 9.29.